The molecule has 0 spiro atoms. The second kappa shape index (κ2) is 9.95. The molecule has 0 aromatic heterocycles. The molecule has 4 rings (SSSR count). The molecule has 3 fully saturated rings. The highest BCUT2D eigenvalue weighted by Crippen LogP contribution is 2.56. The van der Waals surface area contributed by atoms with Crippen LogP contribution in [0.5, 0.6) is 0 Å². The Morgan fingerprint density at radius 1 is 1.00 bits per heavy atom. The van der Waals surface area contributed by atoms with Crippen molar-refractivity contribution < 1.29 is 33.4 Å². The maximum atomic E-state index is 12.7. The number of nitrogens with one attached hydrogen (secondary N) is 1. The fourth-order valence-electron chi connectivity index (χ4n) is 5.32. The minimum Gasteiger partial charge on any atom is -0.462 e. The number of rotatable bonds is 9. The number of hydrogen-bond acceptors (Lipinski definition) is 7. The van der Waals surface area contributed by atoms with E-state index in [2.05, 4.69) is 5.32 Å². The van der Waals surface area contributed by atoms with E-state index in [0.717, 1.165) is 19.3 Å². The van der Waals surface area contributed by atoms with Gasteiger partial charge in [0, 0.05) is 12.2 Å². The van der Waals surface area contributed by atoms with E-state index in [1.807, 2.05) is 13.8 Å². The summed E-state index contributed by atoms with van der Waals surface area (Å²) >= 11 is 0. The molecule has 0 radical (unpaired) electrons. The molecule has 2 bridgehead atoms. The molecule has 4 atom stereocenters. The molecule has 34 heavy (non-hydrogen) atoms. The molecule has 1 aliphatic heterocycles. The summed E-state index contributed by atoms with van der Waals surface area (Å²) in [5, 5.41) is 2.58. The third-order valence-electron chi connectivity index (χ3n) is 6.87. The van der Waals surface area contributed by atoms with Crippen LogP contribution in [0.2, 0.25) is 0 Å². The van der Waals surface area contributed by atoms with Crippen LogP contribution in [0, 0.1) is 29.6 Å². The Balaban J connectivity index is 1.18. The SMILES string of the molecule is CC(C)COC(=O)c1ccc(NC(=O)COC(=O)CCN2C(=O)[C@@H]3[C@H]4CC[C@@H](C4)[C@H]3C2=O)cc1. The van der Waals surface area contributed by atoms with Crippen molar-refractivity contribution in [2.75, 3.05) is 25.1 Å². The number of carbonyl (C=O) groups excluding carboxylic acids is 5. The van der Waals surface area contributed by atoms with Crippen LogP contribution < -0.4 is 5.32 Å². The summed E-state index contributed by atoms with van der Waals surface area (Å²) in [5.41, 5.74) is 0.809. The number of imide groups is 1. The van der Waals surface area contributed by atoms with Gasteiger partial charge in [-0.15, -0.1) is 0 Å². The first kappa shape index (κ1) is 23.9. The lowest BCUT2D eigenvalue weighted by Gasteiger charge is -2.19. The minimum absolute atomic E-state index is 0.0150. The van der Waals surface area contributed by atoms with E-state index in [-0.39, 0.29) is 42.5 Å². The second-order valence-electron chi connectivity index (χ2n) is 9.74. The van der Waals surface area contributed by atoms with Gasteiger partial charge in [-0.3, -0.25) is 24.1 Å². The van der Waals surface area contributed by atoms with E-state index in [9.17, 15) is 24.0 Å². The van der Waals surface area contributed by atoms with Gasteiger partial charge in [0.25, 0.3) is 5.91 Å². The molecule has 1 saturated heterocycles. The molecule has 1 aromatic rings. The molecule has 1 aromatic carbocycles. The summed E-state index contributed by atoms with van der Waals surface area (Å²) in [6.07, 6.45) is 2.82. The number of hydrogen-bond donors (Lipinski definition) is 1. The minimum atomic E-state index is -0.654. The molecule has 9 heteroatoms. The predicted octanol–water partition coefficient (Wildman–Crippen LogP) is 2.40. The number of benzene rings is 1. The Labute approximate surface area is 198 Å². The smallest absolute Gasteiger partial charge is 0.338 e. The number of fused-ring (bicyclic) bond motifs is 5. The molecular formula is C25H30N2O7. The van der Waals surface area contributed by atoms with Gasteiger partial charge >= 0.3 is 11.9 Å². The summed E-state index contributed by atoms with van der Waals surface area (Å²) in [7, 11) is 0. The molecule has 0 unspecified atom stereocenters. The Kier molecular flexibility index (Phi) is 7.00. The van der Waals surface area contributed by atoms with Crippen LogP contribution in [0.25, 0.3) is 0 Å². The maximum absolute atomic E-state index is 12.7. The van der Waals surface area contributed by atoms with Crippen LogP contribution in [0.3, 0.4) is 0 Å². The molecule has 2 saturated carbocycles. The van der Waals surface area contributed by atoms with E-state index < -0.39 is 24.5 Å². The molecule has 3 amide bonds. The van der Waals surface area contributed by atoms with E-state index in [1.54, 1.807) is 12.1 Å². The van der Waals surface area contributed by atoms with Gasteiger partial charge in [-0.2, -0.15) is 0 Å². The fourth-order valence-corrected chi connectivity index (χ4v) is 5.32. The molecule has 2 aliphatic carbocycles. The highest BCUT2D eigenvalue weighted by atomic mass is 16.5. The van der Waals surface area contributed by atoms with Crippen LogP contribution in [0.4, 0.5) is 5.69 Å². The average Bonchev–Trinajstić information content (AvgIpc) is 3.49. The summed E-state index contributed by atoms with van der Waals surface area (Å²) in [4.78, 5) is 62.6. The van der Waals surface area contributed by atoms with E-state index in [1.165, 1.54) is 17.0 Å². The third kappa shape index (κ3) is 4.98. The number of likely N-dealkylation sites (tertiary alicyclic amines) is 1. The van der Waals surface area contributed by atoms with Gasteiger partial charge in [-0.05, 0) is 61.3 Å². The van der Waals surface area contributed by atoms with Gasteiger partial charge in [0.2, 0.25) is 11.8 Å². The summed E-state index contributed by atoms with van der Waals surface area (Å²) < 4.78 is 10.2. The Hall–Kier alpha value is -3.23. The molecule has 182 valence electrons. The number of carbonyl (C=O) groups is 5. The molecule has 1 N–H and O–H groups in total. The highest BCUT2D eigenvalue weighted by molar-refractivity contribution is 6.06. The first-order chi connectivity index (χ1) is 16.2. The summed E-state index contributed by atoms with van der Waals surface area (Å²) in [6.45, 7) is 3.70. The number of esters is 2. The first-order valence-corrected chi connectivity index (χ1v) is 11.8. The number of nitrogens with zero attached hydrogens (tertiary/aromatic N) is 1. The van der Waals surface area contributed by atoms with Gasteiger partial charge in [-0.1, -0.05) is 13.8 Å². The van der Waals surface area contributed by atoms with Crippen LogP contribution in [-0.4, -0.2) is 54.3 Å². The van der Waals surface area contributed by atoms with Crippen molar-refractivity contribution >= 4 is 35.3 Å². The lowest BCUT2D eigenvalue weighted by molar-refractivity contribution is -0.149. The van der Waals surface area contributed by atoms with Gasteiger partial charge in [0.15, 0.2) is 6.61 Å². The monoisotopic (exact) mass is 470 g/mol. The van der Waals surface area contributed by atoms with Crippen molar-refractivity contribution in [3.8, 4) is 0 Å². The van der Waals surface area contributed by atoms with Crippen LogP contribution in [0.15, 0.2) is 24.3 Å². The van der Waals surface area contributed by atoms with E-state index in [4.69, 9.17) is 9.47 Å². The topological polar surface area (TPSA) is 119 Å². The summed E-state index contributed by atoms with van der Waals surface area (Å²) in [6, 6.07) is 6.19. The molecule has 9 nitrogen and oxygen atoms in total. The first-order valence-electron chi connectivity index (χ1n) is 11.8. The van der Waals surface area contributed by atoms with Gasteiger partial charge in [0.05, 0.1) is 30.4 Å². The lowest BCUT2D eigenvalue weighted by Crippen LogP contribution is -2.35. The zero-order valence-electron chi connectivity index (χ0n) is 19.5. The predicted molar refractivity (Wildman–Crippen MR) is 120 cm³/mol. The van der Waals surface area contributed by atoms with Crippen LogP contribution >= 0.6 is 0 Å². The molecular weight excluding hydrogens is 440 g/mol. The largest absolute Gasteiger partial charge is 0.462 e. The van der Waals surface area contributed by atoms with Crippen LogP contribution in [-0.2, 0) is 28.7 Å². The zero-order valence-corrected chi connectivity index (χ0v) is 19.5. The maximum Gasteiger partial charge on any atom is 0.338 e. The van der Waals surface area contributed by atoms with E-state index >= 15 is 0 Å². The highest BCUT2D eigenvalue weighted by Gasteiger charge is 2.60. The van der Waals surface area contributed by atoms with Gasteiger partial charge < -0.3 is 14.8 Å². The standard InChI is InChI=1S/C25H30N2O7/c1-14(2)12-34-25(32)15-5-7-18(8-6-15)26-19(28)13-33-20(29)9-10-27-23(30)21-16-3-4-17(11-16)22(21)24(27)31/h5-8,14,16-17,21-22H,3-4,9-13H2,1-2H3,(H,26,28)/t16-,17-,21+,22+/m0/s1. The third-order valence-corrected chi connectivity index (χ3v) is 6.87. The fraction of sp³-hybridized carbons (Fsp3) is 0.560. The van der Waals surface area contributed by atoms with Crippen molar-refractivity contribution in [3.63, 3.8) is 0 Å². The molecule has 3 aliphatic rings. The number of ether oxygens (including phenoxy) is 2. The van der Waals surface area contributed by atoms with Crippen molar-refractivity contribution in [2.24, 2.45) is 29.6 Å². The average molecular weight is 471 g/mol. The number of amides is 3. The van der Waals surface area contributed by atoms with Crippen LogP contribution in [0.1, 0.15) is 49.9 Å². The van der Waals surface area contributed by atoms with Crippen molar-refractivity contribution in [1.82, 2.24) is 4.90 Å². The van der Waals surface area contributed by atoms with E-state index in [0.29, 0.717) is 29.7 Å². The zero-order chi connectivity index (χ0) is 24.4. The second-order valence-corrected chi connectivity index (χ2v) is 9.74. The lowest BCUT2D eigenvalue weighted by atomic mass is 9.81. The van der Waals surface area contributed by atoms with Crippen molar-refractivity contribution in [2.45, 2.75) is 39.5 Å². The van der Waals surface area contributed by atoms with Crippen molar-refractivity contribution in [1.29, 1.82) is 0 Å². The Bertz CT molecular complexity index is 959. The van der Waals surface area contributed by atoms with Gasteiger partial charge in [-0.25, -0.2) is 4.79 Å². The molecule has 1 heterocycles. The summed E-state index contributed by atoms with van der Waals surface area (Å²) in [5.74, 6) is -1.55. The van der Waals surface area contributed by atoms with Crippen molar-refractivity contribution in [3.05, 3.63) is 29.8 Å². The normalized spacial score (nSPS) is 25.0. The number of anilines is 1. The quantitative estimate of drug-likeness (QED) is 0.435. The Morgan fingerprint density at radius 3 is 2.21 bits per heavy atom. The Morgan fingerprint density at radius 2 is 1.62 bits per heavy atom. The van der Waals surface area contributed by atoms with Gasteiger partial charge in [0.1, 0.15) is 0 Å².